The van der Waals surface area contributed by atoms with Crippen molar-refractivity contribution in [1.29, 1.82) is 0 Å². The second-order valence-electron chi connectivity index (χ2n) is 5.01. The van der Waals surface area contributed by atoms with E-state index in [9.17, 15) is 0 Å². The molecule has 0 fully saturated rings. The molecule has 0 saturated carbocycles. The summed E-state index contributed by atoms with van der Waals surface area (Å²) < 4.78 is 11.8. The molecule has 0 unspecified atom stereocenters. The van der Waals surface area contributed by atoms with Crippen molar-refractivity contribution in [2.75, 3.05) is 24.7 Å². The first kappa shape index (κ1) is 25.2. The minimum atomic E-state index is 0.666. The Bertz CT molecular complexity index is 285. The number of hydrogen-bond acceptors (Lipinski definition) is 8. The van der Waals surface area contributed by atoms with Gasteiger partial charge in [0.2, 0.25) is 8.77 Å². The highest BCUT2D eigenvalue weighted by Gasteiger charge is 1.99. The lowest BCUT2D eigenvalue weighted by molar-refractivity contribution is 0.346. The topological polar surface area (TPSA) is 18.5 Å². The van der Waals surface area contributed by atoms with Crippen LogP contribution in [-0.4, -0.2) is 33.5 Å². The lowest BCUT2D eigenvalue weighted by atomic mass is 10.1. The molecule has 0 aliphatic heterocycles. The van der Waals surface area contributed by atoms with E-state index < -0.39 is 0 Å². The molecule has 0 aromatic heterocycles. The van der Waals surface area contributed by atoms with Gasteiger partial charge in [-0.15, -0.1) is 0 Å². The second-order valence-corrected chi connectivity index (χ2v) is 11.0. The highest BCUT2D eigenvalue weighted by Crippen LogP contribution is 2.26. The second kappa shape index (κ2) is 20.5. The summed E-state index contributed by atoms with van der Waals surface area (Å²) >= 11 is 10.1. The summed E-state index contributed by atoms with van der Waals surface area (Å²) in [5.41, 5.74) is 0. The molecule has 0 aromatic rings. The van der Waals surface area contributed by atoms with E-state index in [-0.39, 0.29) is 0 Å². The zero-order valence-electron chi connectivity index (χ0n) is 14.8. The molecule has 2 nitrogen and oxygen atoms in total. The maximum Gasteiger partial charge on any atom is 0.230 e. The molecule has 142 valence electrons. The van der Waals surface area contributed by atoms with E-state index in [2.05, 4.69) is 0 Å². The molecule has 0 radical (unpaired) electrons. The first-order chi connectivity index (χ1) is 11.7. The van der Waals surface area contributed by atoms with Gasteiger partial charge >= 0.3 is 0 Å². The molecular formula is C16H30O2S6. The molecule has 0 bridgehead atoms. The van der Waals surface area contributed by atoms with Crippen LogP contribution in [0, 0.1) is 0 Å². The predicted molar refractivity (Wildman–Crippen MR) is 125 cm³/mol. The van der Waals surface area contributed by atoms with Gasteiger partial charge in [-0.1, -0.05) is 60.1 Å². The van der Waals surface area contributed by atoms with Crippen LogP contribution in [0.3, 0.4) is 0 Å². The van der Waals surface area contributed by atoms with Gasteiger partial charge in [0.1, 0.15) is 0 Å². The third kappa shape index (κ3) is 19.5. The maximum absolute atomic E-state index is 5.23. The van der Waals surface area contributed by atoms with Gasteiger partial charge in [-0.2, -0.15) is 0 Å². The van der Waals surface area contributed by atoms with Crippen LogP contribution in [0.25, 0.3) is 0 Å². The zero-order chi connectivity index (χ0) is 17.9. The van der Waals surface area contributed by atoms with Crippen LogP contribution in [0.1, 0.15) is 65.2 Å². The molecule has 0 saturated heterocycles. The van der Waals surface area contributed by atoms with Crippen LogP contribution in [0.5, 0.6) is 0 Å². The molecule has 0 atom stereocenters. The van der Waals surface area contributed by atoms with Crippen LogP contribution in [0.2, 0.25) is 0 Å². The first-order valence-electron chi connectivity index (χ1n) is 8.63. The predicted octanol–water partition coefficient (Wildman–Crippen LogP) is 7.51. The quantitative estimate of drug-likeness (QED) is 0.144. The molecule has 0 heterocycles. The highest BCUT2D eigenvalue weighted by molar-refractivity contribution is 8.83. The number of rotatable bonds is 15. The molecule has 0 spiro atoms. The van der Waals surface area contributed by atoms with Crippen LogP contribution in [-0.2, 0) is 9.47 Å². The minimum Gasteiger partial charge on any atom is -0.478 e. The highest BCUT2D eigenvalue weighted by atomic mass is 33.1. The van der Waals surface area contributed by atoms with Crippen molar-refractivity contribution in [2.45, 2.75) is 65.2 Å². The average molecular weight is 447 g/mol. The minimum absolute atomic E-state index is 0.666. The van der Waals surface area contributed by atoms with Gasteiger partial charge in [-0.3, -0.25) is 0 Å². The molecule has 0 aromatic carbocycles. The normalized spacial score (nSPS) is 10.6. The molecule has 24 heavy (non-hydrogen) atoms. The SMILES string of the molecule is CCOC(=S)SSCCCCCCCCCCSSC(=S)OCC. The van der Waals surface area contributed by atoms with Crippen molar-refractivity contribution in [3.05, 3.63) is 0 Å². The molecule has 0 amide bonds. The largest absolute Gasteiger partial charge is 0.478 e. The molecule has 8 heteroatoms. The fourth-order valence-corrected chi connectivity index (χ4v) is 6.36. The van der Waals surface area contributed by atoms with Crippen LogP contribution >= 0.6 is 67.6 Å². The Morgan fingerprint density at radius 3 is 1.29 bits per heavy atom. The van der Waals surface area contributed by atoms with Crippen molar-refractivity contribution < 1.29 is 9.47 Å². The Hall–Kier alpha value is 1.18. The van der Waals surface area contributed by atoms with Crippen LogP contribution in [0.15, 0.2) is 0 Å². The first-order valence-corrected chi connectivity index (χ1v) is 14.1. The number of unbranched alkanes of at least 4 members (excludes halogenated alkanes) is 7. The Labute approximate surface area is 174 Å². The summed E-state index contributed by atoms with van der Waals surface area (Å²) in [6.07, 6.45) is 10.7. The fourth-order valence-electron chi connectivity index (χ4n) is 1.85. The monoisotopic (exact) mass is 446 g/mol. The average Bonchev–Trinajstić information content (AvgIpc) is 2.55. The standard InChI is InChI=1S/C16H30O2S6/c1-3-17-15(19)23-21-13-11-9-7-5-6-8-10-12-14-22-24-16(20)18-4-2/h3-14H2,1-2H3. The van der Waals surface area contributed by atoms with Gasteiger partial charge in [0, 0.05) is 11.5 Å². The third-order valence-electron chi connectivity index (χ3n) is 2.98. The Kier molecular flexibility index (Phi) is 21.5. The summed E-state index contributed by atoms with van der Waals surface area (Å²) in [5.74, 6) is 2.33. The van der Waals surface area contributed by atoms with Gasteiger partial charge in [-0.25, -0.2) is 0 Å². The number of thiocarbonyl (C=S) groups is 2. The lowest BCUT2D eigenvalue weighted by Crippen LogP contribution is -1.93. The van der Waals surface area contributed by atoms with E-state index in [4.69, 9.17) is 33.9 Å². The molecule has 0 aliphatic rings. The van der Waals surface area contributed by atoms with E-state index in [0.29, 0.717) is 22.0 Å². The lowest BCUT2D eigenvalue weighted by Gasteiger charge is -2.04. The molecule has 0 aliphatic carbocycles. The summed E-state index contributed by atoms with van der Waals surface area (Å²) in [4.78, 5) is 0. The maximum atomic E-state index is 5.23. The van der Waals surface area contributed by atoms with Gasteiger partial charge in [0.25, 0.3) is 0 Å². The Morgan fingerprint density at radius 1 is 0.625 bits per heavy atom. The van der Waals surface area contributed by atoms with E-state index in [0.717, 1.165) is 11.5 Å². The summed E-state index contributed by atoms with van der Waals surface area (Å²) in [5, 5.41) is 0. The number of ether oxygens (including phenoxy) is 2. The zero-order valence-corrected chi connectivity index (χ0v) is 19.7. The van der Waals surface area contributed by atoms with Crippen molar-refractivity contribution in [3.63, 3.8) is 0 Å². The van der Waals surface area contributed by atoms with E-state index >= 15 is 0 Å². The van der Waals surface area contributed by atoms with Gasteiger partial charge < -0.3 is 9.47 Å². The van der Waals surface area contributed by atoms with Crippen LogP contribution in [0.4, 0.5) is 0 Å². The summed E-state index contributed by atoms with van der Waals surface area (Å²) in [6, 6.07) is 0. The molecular weight excluding hydrogens is 417 g/mol. The van der Waals surface area contributed by atoms with Gasteiger partial charge in [0.15, 0.2) is 0 Å². The van der Waals surface area contributed by atoms with Crippen LogP contribution < -0.4 is 0 Å². The smallest absolute Gasteiger partial charge is 0.230 e. The number of hydrogen-bond donors (Lipinski definition) is 0. The Balaban J connectivity index is 3.10. The van der Waals surface area contributed by atoms with E-state index in [1.54, 1.807) is 21.6 Å². The Morgan fingerprint density at radius 2 is 0.958 bits per heavy atom. The fraction of sp³-hybridized carbons (Fsp3) is 0.875. The van der Waals surface area contributed by atoms with E-state index in [1.807, 2.05) is 35.4 Å². The van der Waals surface area contributed by atoms with Crippen molar-refractivity contribution >= 4 is 76.4 Å². The van der Waals surface area contributed by atoms with E-state index in [1.165, 1.54) is 51.4 Å². The molecule has 0 N–H and O–H groups in total. The summed E-state index contributed by atoms with van der Waals surface area (Å²) in [6.45, 7) is 5.27. The van der Waals surface area contributed by atoms with Gasteiger partial charge in [0.05, 0.1) is 13.2 Å². The molecule has 0 rings (SSSR count). The van der Waals surface area contributed by atoms with Crippen molar-refractivity contribution in [3.8, 4) is 0 Å². The summed E-state index contributed by atoms with van der Waals surface area (Å²) in [7, 11) is 6.81. The van der Waals surface area contributed by atoms with Crippen molar-refractivity contribution in [1.82, 2.24) is 0 Å². The van der Waals surface area contributed by atoms with Crippen molar-refractivity contribution in [2.24, 2.45) is 0 Å². The third-order valence-corrected chi connectivity index (χ3v) is 8.62. The van der Waals surface area contributed by atoms with Gasteiger partial charge in [-0.05, 0) is 72.7 Å².